The van der Waals surface area contributed by atoms with Crippen LogP contribution in [0.2, 0.25) is 0 Å². The summed E-state index contributed by atoms with van der Waals surface area (Å²) in [7, 11) is 0. The van der Waals surface area contributed by atoms with Crippen molar-refractivity contribution >= 4 is 5.91 Å². The van der Waals surface area contributed by atoms with Crippen LogP contribution < -0.4 is 10.1 Å². The number of benzene rings is 1. The summed E-state index contributed by atoms with van der Waals surface area (Å²) in [6.07, 6.45) is 0.0575. The van der Waals surface area contributed by atoms with Gasteiger partial charge in [0.05, 0.1) is 6.10 Å². The number of nitrogens with one attached hydrogen (secondary N) is 1. The predicted molar refractivity (Wildman–Crippen MR) is 65.9 cm³/mol. The number of carbonyl (C=O) groups excluding carboxylic acids is 1. The van der Waals surface area contributed by atoms with E-state index >= 15 is 0 Å². The predicted octanol–water partition coefficient (Wildman–Crippen LogP) is 1.64. The average Bonchev–Trinajstić information content (AvgIpc) is 2.36. The number of amides is 1. The molecule has 0 spiro atoms. The number of para-hydroxylation sites is 1. The molecule has 2 N–H and O–H groups in total. The Hall–Kier alpha value is -1.55. The zero-order chi connectivity index (χ0) is 12.7. The van der Waals surface area contributed by atoms with Gasteiger partial charge in [-0.25, -0.2) is 0 Å². The highest BCUT2D eigenvalue weighted by Gasteiger charge is 2.11. The second-order valence-corrected chi connectivity index (χ2v) is 3.70. The van der Waals surface area contributed by atoms with Crippen molar-refractivity contribution in [3.8, 4) is 5.75 Å². The Morgan fingerprint density at radius 2 is 2.12 bits per heavy atom. The number of hydrogen-bond acceptors (Lipinski definition) is 3. The van der Waals surface area contributed by atoms with Crippen molar-refractivity contribution in [1.29, 1.82) is 0 Å². The van der Waals surface area contributed by atoms with Crippen molar-refractivity contribution in [3.63, 3.8) is 0 Å². The van der Waals surface area contributed by atoms with Crippen molar-refractivity contribution < 1.29 is 14.6 Å². The Labute approximate surface area is 102 Å². The summed E-state index contributed by atoms with van der Waals surface area (Å²) in [6, 6.07) is 7.22. The van der Waals surface area contributed by atoms with Crippen molar-refractivity contribution in [3.05, 3.63) is 29.8 Å². The quantitative estimate of drug-likeness (QED) is 0.791. The smallest absolute Gasteiger partial charge is 0.257 e. The van der Waals surface area contributed by atoms with Gasteiger partial charge in [0, 0.05) is 12.1 Å². The molecule has 94 valence electrons. The second kappa shape index (κ2) is 6.91. The maximum atomic E-state index is 11.3. The first kappa shape index (κ1) is 13.5. The maximum absolute atomic E-state index is 11.3. The van der Waals surface area contributed by atoms with E-state index < -0.39 is 6.10 Å². The van der Waals surface area contributed by atoms with E-state index in [0.717, 1.165) is 5.56 Å². The fourth-order valence-corrected chi connectivity index (χ4v) is 1.50. The number of hydrogen-bond donors (Lipinski definition) is 2. The normalized spacial score (nSPS) is 11.9. The van der Waals surface area contributed by atoms with Crippen LogP contribution in [0.1, 0.15) is 31.9 Å². The third kappa shape index (κ3) is 4.07. The lowest BCUT2D eigenvalue weighted by molar-refractivity contribution is -0.123. The lowest BCUT2D eigenvalue weighted by Gasteiger charge is -2.14. The molecule has 0 saturated heterocycles. The fraction of sp³-hybridized carbons (Fsp3) is 0.462. The summed E-state index contributed by atoms with van der Waals surface area (Å²) >= 11 is 0. The van der Waals surface area contributed by atoms with Gasteiger partial charge in [-0.2, -0.15) is 0 Å². The SMILES string of the molecule is CCNC(=O)COc1ccccc1[C@H](O)CC. The molecule has 1 aromatic rings. The molecule has 1 amide bonds. The summed E-state index contributed by atoms with van der Waals surface area (Å²) in [6.45, 7) is 4.31. The van der Waals surface area contributed by atoms with Crippen molar-refractivity contribution in [2.24, 2.45) is 0 Å². The lowest BCUT2D eigenvalue weighted by atomic mass is 10.1. The molecule has 4 heteroatoms. The molecule has 0 aliphatic heterocycles. The van der Waals surface area contributed by atoms with Gasteiger partial charge in [0.2, 0.25) is 0 Å². The standard InChI is InChI=1S/C13H19NO3/c1-3-11(15)10-7-5-6-8-12(10)17-9-13(16)14-4-2/h5-8,11,15H,3-4,9H2,1-2H3,(H,14,16)/t11-/m1/s1. The number of carbonyl (C=O) groups is 1. The minimum atomic E-state index is -0.555. The molecular weight excluding hydrogens is 218 g/mol. The van der Waals surface area contributed by atoms with Gasteiger partial charge in [0.1, 0.15) is 5.75 Å². The van der Waals surface area contributed by atoms with Crippen LogP contribution in [0, 0.1) is 0 Å². The number of aliphatic hydroxyl groups excluding tert-OH is 1. The third-order valence-corrected chi connectivity index (χ3v) is 2.40. The molecule has 1 atom stereocenters. The summed E-state index contributed by atoms with van der Waals surface area (Å²) in [5.74, 6) is 0.404. The lowest BCUT2D eigenvalue weighted by Crippen LogP contribution is -2.28. The summed E-state index contributed by atoms with van der Waals surface area (Å²) < 4.78 is 5.40. The maximum Gasteiger partial charge on any atom is 0.257 e. The van der Waals surface area contributed by atoms with Gasteiger partial charge in [0.15, 0.2) is 6.61 Å². The first-order valence-electron chi connectivity index (χ1n) is 5.85. The van der Waals surface area contributed by atoms with E-state index in [1.165, 1.54) is 0 Å². The zero-order valence-electron chi connectivity index (χ0n) is 10.3. The van der Waals surface area contributed by atoms with Crippen LogP contribution in [-0.2, 0) is 4.79 Å². The van der Waals surface area contributed by atoms with E-state index in [-0.39, 0.29) is 12.5 Å². The monoisotopic (exact) mass is 237 g/mol. The van der Waals surface area contributed by atoms with Crippen LogP contribution in [0.5, 0.6) is 5.75 Å². The molecular formula is C13H19NO3. The van der Waals surface area contributed by atoms with Crippen LogP contribution in [-0.4, -0.2) is 24.2 Å². The zero-order valence-corrected chi connectivity index (χ0v) is 10.3. The molecule has 0 fully saturated rings. The summed E-state index contributed by atoms with van der Waals surface area (Å²) in [4.78, 5) is 11.3. The molecule has 1 aromatic carbocycles. The van der Waals surface area contributed by atoms with Crippen LogP contribution >= 0.6 is 0 Å². The molecule has 17 heavy (non-hydrogen) atoms. The summed E-state index contributed by atoms with van der Waals surface area (Å²) in [5.41, 5.74) is 0.722. The van der Waals surface area contributed by atoms with Crippen LogP contribution in [0.4, 0.5) is 0 Å². The first-order valence-corrected chi connectivity index (χ1v) is 5.85. The minimum Gasteiger partial charge on any atom is -0.483 e. The molecule has 0 unspecified atom stereocenters. The number of aliphatic hydroxyl groups is 1. The Morgan fingerprint density at radius 1 is 1.41 bits per heavy atom. The number of ether oxygens (including phenoxy) is 1. The highest BCUT2D eigenvalue weighted by atomic mass is 16.5. The highest BCUT2D eigenvalue weighted by Crippen LogP contribution is 2.26. The summed E-state index contributed by atoms with van der Waals surface area (Å²) in [5, 5.41) is 12.5. The van der Waals surface area contributed by atoms with Gasteiger partial charge in [-0.05, 0) is 19.4 Å². The van der Waals surface area contributed by atoms with Crippen molar-refractivity contribution in [2.75, 3.05) is 13.2 Å². The van der Waals surface area contributed by atoms with E-state index in [1.807, 2.05) is 26.0 Å². The molecule has 0 saturated carbocycles. The average molecular weight is 237 g/mol. The Morgan fingerprint density at radius 3 is 2.76 bits per heavy atom. The van der Waals surface area contributed by atoms with E-state index in [0.29, 0.717) is 18.7 Å². The Kier molecular flexibility index (Phi) is 5.49. The largest absolute Gasteiger partial charge is 0.483 e. The molecule has 0 aromatic heterocycles. The third-order valence-electron chi connectivity index (χ3n) is 2.40. The van der Waals surface area contributed by atoms with E-state index in [9.17, 15) is 9.90 Å². The minimum absolute atomic E-state index is 0.0265. The van der Waals surface area contributed by atoms with Crippen molar-refractivity contribution in [1.82, 2.24) is 5.32 Å². The molecule has 0 heterocycles. The van der Waals surface area contributed by atoms with E-state index in [4.69, 9.17) is 4.74 Å². The molecule has 0 aliphatic rings. The van der Waals surface area contributed by atoms with Gasteiger partial charge < -0.3 is 15.2 Å². The van der Waals surface area contributed by atoms with Gasteiger partial charge in [0.25, 0.3) is 5.91 Å². The number of rotatable bonds is 6. The fourth-order valence-electron chi connectivity index (χ4n) is 1.50. The topological polar surface area (TPSA) is 58.6 Å². The molecule has 0 bridgehead atoms. The van der Waals surface area contributed by atoms with E-state index in [1.54, 1.807) is 12.1 Å². The second-order valence-electron chi connectivity index (χ2n) is 3.70. The molecule has 0 radical (unpaired) electrons. The first-order chi connectivity index (χ1) is 8.19. The van der Waals surface area contributed by atoms with Gasteiger partial charge in [-0.15, -0.1) is 0 Å². The molecule has 1 rings (SSSR count). The van der Waals surface area contributed by atoms with E-state index in [2.05, 4.69) is 5.32 Å². The molecule has 4 nitrogen and oxygen atoms in total. The van der Waals surface area contributed by atoms with Gasteiger partial charge in [-0.3, -0.25) is 4.79 Å². The van der Waals surface area contributed by atoms with Crippen LogP contribution in [0.15, 0.2) is 24.3 Å². The Balaban J connectivity index is 2.67. The highest BCUT2D eigenvalue weighted by molar-refractivity contribution is 5.77. The van der Waals surface area contributed by atoms with Crippen LogP contribution in [0.3, 0.4) is 0 Å². The van der Waals surface area contributed by atoms with Gasteiger partial charge in [-0.1, -0.05) is 25.1 Å². The Bertz CT molecular complexity index is 365. The van der Waals surface area contributed by atoms with Crippen LogP contribution in [0.25, 0.3) is 0 Å². The number of likely N-dealkylation sites (N-methyl/N-ethyl adjacent to an activating group) is 1. The van der Waals surface area contributed by atoms with Gasteiger partial charge >= 0.3 is 0 Å². The van der Waals surface area contributed by atoms with Crippen molar-refractivity contribution in [2.45, 2.75) is 26.4 Å². The molecule has 0 aliphatic carbocycles.